The van der Waals surface area contributed by atoms with E-state index in [4.69, 9.17) is 0 Å². The van der Waals surface area contributed by atoms with Gasteiger partial charge in [0.25, 0.3) is 5.56 Å². The molecule has 8 heteroatoms. The fraction of sp³-hybridized carbons (Fsp3) is 0.182. The summed E-state index contributed by atoms with van der Waals surface area (Å²) < 4.78 is 1.49. The summed E-state index contributed by atoms with van der Waals surface area (Å²) in [6, 6.07) is 3.63. The molecule has 3 aromatic rings. The summed E-state index contributed by atoms with van der Waals surface area (Å²) in [6.45, 7) is 0.433. The van der Waals surface area contributed by atoms with E-state index in [0.717, 1.165) is 5.69 Å². The quantitative estimate of drug-likeness (QED) is 0.688. The first-order valence-corrected chi connectivity index (χ1v) is 5.66. The molecule has 3 rings (SSSR count). The third kappa shape index (κ3) is 2.15. The molecule has 0 radical (unpaired) electrons. The van der Waals surface area contributed by atoms with Gasteiger partial charge >= 0.3 is 0 Å². The second-order valence-corrected chi connectivity index (χ2v) is 3.99. The summed E-state index contributed by atoms with van der Waals surface area (Å²) in [5.41, 5.74) is 1.53. The molecule has 19 heavy (non-hydrogen) atoms. The Morgan fingerprint density at radius 2 is 2.37 bits per heavy atom. The summed E-state index contributed by atoms with van der Waals surface area (Å²) in [4.78, 5) is 18.8. The summed E-state index contributed by atoms with van der Waals surface area (Å²) in [7, 11) is 1.70. The number of hydrogen-bond donors (Lipinski definition) is 2. The monoisotopic (exact) mass is 257 g/mol. The van der Waals surface area contributed by atoms with Crippen LogP contribution in [0.1, 0.15) is 5.69 Å². The number of aryl methyl sites for hydroxylation is 1. The lowest BCUT2D eigenvalue weighted by Crippen LogP contribution is -2.15. The number of H-pyrrole nitrogens is 1. The maximum Gasteiger partial charge on any atom is 0.278 e. The van der Waals surface area contributed by atoms with E-state index >= 15 is 0 Å². The SMILES string of the molecule is Cn1ncc2nc(NCc3cccnn3)[nH]c(=O)c21. The van der Waals surface area contributed by atoms with Crippen LogP contribution < -0.4 is 10.9 Å². The zero-order valence-corrected chi connectivity index (χ0v) is 10.2. The largest absolute Gasteiger partial charge is 0.350 e. The number of nitrogens with one attached hydrogen (secondary N) is 2. The molecule has 3 aromatic heterocycles. The van der Waals surface area contributed by atoms with E-state index in [1.165, 1.54) is 4.68 Å². The Morgan fingerprint density at radius 1 is 1.47 bits per heavy atom. The Balaban J connectivity index is 1.88. The van der Waals surface area contributed by atoms with Crippen LogP contribution >= 0.6 is 0 Å². The van der Waals surface area contributed by atoms with E-state index in [1.54, 1.807) is 25.5 Å². The van der Waals surface area contributed by atoms with Gasteiger partial charge < -0.3 is 5.32 Å². The predicted molar refractivity (Wildman–Crippen MR) is 68.5 cm³/mol. The molecule has 3 heterocycles. The van der Waals surface area contributed by atoms with E-state index in [9.17, 15) is 4.79 Å². The zero-order chi connectivity index (χ0) is 13.2. The van der Waals surface area contributed by atoms with Gasteiger partial charge in [0.05, 0.1) is 18.4 Å². The van der Waals surface area contributed by atoms with Crippen LogP contribution in [0.3, 0.4) is 0 Å². The third-order valence-corrected chi connectivity index (χ3v) is 2.66. The molecular formula is C11H11N7O. The van der Waals surface area contributed by atoms with Crippen LogP contribution in [-0.2, 0) is 13.6 Å². The average molecular weight is 257 g/mol. The van der Waals surface area contributed by atoms with Gasteiger partial charge in [-0.1, -0.05) is 0 Å². The Bertz CT molecular complexity index is 762. The topological polar surface area (TPSA) is 101 Å². The van der Waals surface area contributed by atoms with Crippen molar-refractivity contribution in [3.63, 3.8) is 0 Å². The zero-order valence-electron chi connectivity index (χ0n) is 10.2. The van der Waals surface area contributed by atoms with Gasteiger partial charge in [-0.2, -0.15) is 15.3 Å². The maximum absolute atomic E-state index is 11.9. The normalized spacial score (nSPS) is 10.8. The van der Waals surface area contributed by atoms with Crippen molar-refractivity contribution in [3.05, 3.63) is 40.6 Å². The molecule has 0 fully saturated rings. The Labute approximate surface area is 107 Å². The van der Waals surface area contributed by atoms with Crippen molar-refractivity contribution < 1.29 is 0 Å². The number of aromatic nitrogens is 6. The minimum atomic E-state index is -0.230. The lowest BCUT2D eigenvalue weighted by Gasteiger charge is -2.04. The Kier molecular flexibility index (Phi) is 2.67. The Hall–Kier alpha value is -2.77. The van der Waals surface area contributed by atoms with Crippen molar-refractivity contribution in [1.82, 2.24) is 29.9 Å². The molecule has 96 valence electrons. The molecule has 0 unspecified atom stereocenters. The van der Waals surface area contributed by atoms with Crippen LogP contribution in [0.15, 0.2) is 29.3 Å². The molecule has 0 atom stereocenters. The molecular weight excluding hydrogens is 246 g/mol. The van der Waals surface area contributed by atoms with Gasteiger partial charge in [-0.05, 0) is 12.1 Å². The fourth-order valence-electron chi connectivity index (χ4n) is 1.77. The van der Waals surface area contributed by atoms with Crippen LogP contribution in [0, 0.1) is 0 Å². The number of aromatic amines is 1. The first-order valence-electron chi connectivity index (χ1n) is 5.66. The van der Waals surface area contributed by atoms with Gasteiger partial charge in [0.2, 0.25) is 5.95 Å². The summed E-state index contributed by atoms with van der Waals surface area (Å²) in [5.74, 6) is 0.385. The second-order valence-electron chi connectivity index (χ2n) is 3.99. The molecule has 0 spiro atoms. The van der Waals surface area contributed by atoms with Gasteiger partial charge in [-0.15, -0.1) is 0 Å². The fourth-order valence-corrected chi connectivity index (χ4v) is 1.77. The van der Waals surface area contributed by atoms with Gasteiger partial charge in [0, 0.05) is 13.2 Å². The minimum Gasteiger partial charge on any atom is -0.350 e. The molecule has 0 aromatic carbocycles. The highest BCUT2D eigenvalue weighted by molar-refractivity contribution is 5.73. The molecule has 8 nitrogen and oxygen atoms in total. The van der Waals surface area contributed by atoms with Crippen molar-refractivity contribution in [1.29, 1.82) is 0 Å². The average Bonchev–Trinajstić information content (AvgIpc) is 2.80. The summed E-state index contributed by atoms with van der Waals surface area (Å²) >= 11 is 0. The smallest absolute Gasteiger partial charge is 0.278 e. The first-order chi connectivity index (χ1) is 9.24. The lowest BCUT2D eigenvalue weighted by atomic mass is 10.4. The first kappa shape index (κ1) is 11.3. The highest BCUT2D eigenvalue weighted by Gasteiger charge is 2.07. The third-order valence-electron chi connectivity index (χ3n) is 2.66. The van der Waals surface area contributed by atoms with Gasteiger partial charge in [-0.25, -0.2) is 4.98 Å². The molecule has 2 N–H and O–H groups in total. The van der Waals surface area contributed by atoms with Crippen molar-refractivity contribution in [2.75, 3.05) is 5.32 Å². The van der Waals surface area contributed by atoms with Gasteiger partial charge in [0.15, 0.2) is 5.52 Å². The summed E-state index contributed by atoms with van der Waals surface area (Å²) in [6.07, 6.45) is 3.16. The molecule has 0 aliphatic carbocycles. The van der Waals surface area contributed by atoms with Crippen molar-refractivity contribution in [3.8, 4) is 0 Å². The minimum absolute atomic E-state index is 0.230. The van der Waals surface area contributed by atoms with Crippen LogP contribution in [0.5, 0.6) is 0 Å². The number of anilines is 1. The van der Waals surface area contributed by atoms with Crippen LogP contribution in [0.2, 0.25) is 0 Å². The summed E-state index contributed by atoms with van der Waals surface area (Å²) in [5, 5.41) is 14.7. The van der Waals surface area contributed by atoms with Crippen LogP contribution in [0.25, 0.3) is 11.0 Å². The van der Waals surface area contributed by atoms with Crippen molar-refractivity contribution in [2.24, 2.45) is 7.05 Å². The molecule has 0 bridgehead atoms. The van der Waals surface area contributed by atoms with Gasteiger partial charge in [-0.3, -0.25) is 14.5 Å². The molecule has 0 saturated heterocycles. The van der Waals surface area contributed by atoms with Crippen molar-refractivity contribution in [2.45, 2.75) is 6.54 Å². The number of hydrogen-bond acceptors (Lipinski definition) is 6. The van der Waals surface area contributed by atoms with E-state index in [-0.39, 0.29) is 5.56 Å². The second kappa shape index (κ2) is 4.48. The molecule has 0 saturated carbocycles. The van der Waals surface area contributed by atoms with E-state index in [1.807, 2.05) is 6.07 Å². The van der Waals surface area contributed by atoms with Gasteiger partial charge in [0.1, 0.15) is 5.52 Å². The standard InChI is InChI=1S/C11H11N7O/c1-18-9-8(6-14-18)15-11(16-10(9)19)12-5-7-3-2-4-13-17-7/h2-4,6H,5H2,1H3,(H2,12,15,16,19). The molecule has 0 aliphatic heterocycles. The number of rotatable bonds is 3. The number of fused-ring (bicyclic) bond motifs is 1. The lowest BCUT2D eigenvalue weighted by molar-refractivity contribution is 0.792. The molecule has 0 amide bonds. The van der Waals surface area contributed by atoms with Crippen LogP contribution in [-0.4, -0.2) is 29.9 Å². The van der Waals surface area contributed by atoms with E-state index in [2.05, 4.69) is 30.6 Å². The van der Waals surface area contributed by atoms with E-state index in [0.29, 0.717) is 23.5 Å². The number of nitrogens with zero attached hydrogens (tertiary/aromatic N) is 5. The van der Waals surface area contributed by atoms with Crippen LogP contribution in [0.4, 0.5) is 5.95 Å². The Morgan fingerprint density at radius 3 is 3.16 bits per heavy atom. The van der Waals surface area contributed by atoms with E-state index < -0.39 is 0 Å². The van der Waals surface area contributed by atoms with Crippen molar-refractivity contribution >= 4 is 17.0 Å². The molecule has 0 aliphatic rings. The highest BCUT2D eigenvalue weighted by atomic mass is 16.1. The highest BCUT2D eigenvalue weighted by Crippen LogP contribution is 2.07. The predicted octanol–water partition coefficient (Wildman–Crippen LogP) is 0.0587. The maximum atomic E-state index is 11.9.